The van der Waals surface area contributed by atoms with Crippen LogP contribution in [0.1, 0.15) is 34.6 Å². The summed E-state index contributed by atoms with van der Waals surface area (Å²) >= 11 is 2.64. The Hall–Kier alpha value is -3.05. The minimum atomic E-state index is -0.434. The number of carbonyl (C=O) groups excluding carboxylic acids is 2. The fourth-order valence-corrected chi connectivity index (χ4v) is 5.15. The standard InChI is InChI=1S/C23H28N4O5S2/c1-7-27-20(15-9-16(30-5)11-17(10-15)31-6)25-26-23(27)33-12-18(28)24-21-19(22(29)32-8-2)13(3)14(4)34-21/h9-11H,7-8,12H2,1-6H3,(H,24,28). The van der Waals surface area contributed by atoms with Crippen molar-refractivity contribution in [2.24, 2.45) is 0 Å². The third-order valence-electron chi connectivity index (χ3n) is 5.09. The molecule has 0 saturated carbocycles. The van der Waals surface area contributed by atoms with Crippen molar-refractivity contribution in [1.29, 1.82) is 0 Å². The van der Waals surface area contributed by atoms with Crippen LogP contribution in [0.4, 0.5) is 5.00 Å². The Morgan fingerprint density at radius 2 is 1.76 bits per heavy atom. The molecule has 3 rings (SSSR count). The number of benzene rings is 1. The van der Waals surface area contributed by atoms with Crippen LogP contribution >= 0.6 is 23.1 Å². The third kappa shape index (κ3) is 5.53. The summed E-state index contributed by atoms with van der Waals surface area (Å²) in [4.78, 5) is 26.0. The molecular formula is C23H28N4O5S2. The molecule has 0 bridgehead atoms. The highest BCUT2D eigenvalue weighted by atomic mass is 32.2. The van der Waals surface area contributed by atoms with Crippen LogP contribution in [0.15, 0.2) is 23.4 Å². The van der Waals surface area contributed by atoms with Crippen LogP contribution in [0.25, 0.3) is 11.4 Å². The molecule has 2 heterocycles. The maximum Gasteiger partial charge on any atom is 0.341 e. The SMILES string of the molecule is CCOC(=O)c1c(NC(=O)CSc2nnc(-c3cc(OC)cc(OC)c3)n2CC)sc(C)c1C. The molecule has 1 N–H and O–H groups in total. The molecule has 0 unspecified atom stereocenters. The van der Waals surface area contributed by atoms with Gasteiger partial charge < -0.3 is 24.1 Å². The Bertz CT molecular complexity index is 1170. The zero-order valence-corrected chi connectivity index (χ0v) is 21.7. The number of thioether (sulfide) groups is 1. The summed E-state index contributed by atoms with van der Waals surface area (Å²) in [5.74, 6) is 1.37. The number of carbonyl (C=O) groups is 2. The molecule has 0 aliphatic rings. The second kappa shape index (κ2) is 11.4. The third-order valence-corrected chi connectivity index (χ3v) is 7.18. The number of rotatable bonds is 10. The van der Waals surface area contributed by atoms with Crippen molar-refractivity contribution >= 4 is 40.0 Å². The zero-order valence-electron chi connectivity index (χ0n) is 20.1. The van der Waals surface area contributed by atoms with E-state index in [9.17, 15) is 9.59 Å². The minimum absolute atomic E-state index is 0.109. The van der Waals surface area contributed by atoms with Crippen LogP contribution in [-0.2, 0) is 16.1 Å². The highest BCUT2D eigenvalue weighted by Gasteiger charge is 2.23. The van der Waals surface area contributed by atoms with Crippen molar-refractivity contribution in [2.75, 3.05) is 31.9 Å². The van der Waals surface area contributed by atoms with Gasteiger partial charge in [-0.3, -0.25) is 4.79 Å². The number of aryl methyl sites for hydroxylation is 1. The van der Waals surface area contributed by atoms with Crippen molar-refractivity contribution in [1.82, 2.24) is 14.8 Å². The smallest absolute Gasteiger partial charge is 0.341 e. The number of thiophene rings is 1. The number of ether oxygens (including phenoxy) is 3. The normalized spacial score (nSPS) is 10.8. The van der Waals surface area contributed by atoms with E-state index in [1.807, 2.05) is 37.5 Å². The first-order valence-corrected chi connectivity index (χ1v) is 12.5. The van der Waals surface area contributed by atoms with Gasteiger partial charge in [0.2, 0.25) is 5.91 Å². The van der Waals surface area contributed by atoms with Crippen molar-refractivity contribution in [3.8, 4) is 22.9 Å². The monoisotopic (exact) mass is 504 g/mol. The van der Waals surface area contributed by atoms with Crippen LogP contribution in [0.3, 0.4) is 0 Å². The van der Waals surface area contributed by atoms with Crippen LogP contribution in [0.5, 0.6) is 11.5 Å². The molecular weight excluding hydrogens is 476 g/mol. The van der Waals surface area contributed by atoms with Crippen molar-refractivity contribution in [2.45, 2.75) is 39.4 Å². The predicted molar refractivity (Wildman–Crippen MR) is 133 cm³/mol. The number of hydrogen-bond acceptors (Lipinski definition) is 9. The molecule has 9 nitrogen and oxygen atoms in total. The first kappa shape index (κ1) is 25.6. The quantitative estimate of drug-likeness (QED) is 0.316. The van der Waals surface area contributed by atoms with Crippen molar-refractivity contribution in [3.63, 3.8) is 0 Å². The van der Waals surface area contributed by atoms with Gasteiger partial charge in [0.1, 0.15) is 16.5 Å². The molecule has 1 amide bonds. The number of methoxy groups -OCH3 is 2. The average Bonchev–Trinajstić information content (AvgIpc) is 3.37. The first-order valence-electron chi connectivity index (χ1n) is 10.7. The van der Waals surface area contributed by atoms with E-state index in [1.54, 1.807) is 27.2 Å². The van der Waals surface area contributed by atoms with Gasteiger partial charge in [0.05, 0.1) is 32.1 Å². The lowest BCUT2D eigenvalue weighted by Crippen LogP contribution is -2.17. The van der Waals surface area contributed by atoms with Crippen LogP contribution in [-0.4, -0.2) is 53.2 Å². The topological polar surface area (TPSA) is 105 Å². The van der Waals surface area contributed by atoms with Crippen molar-refractivity contribution < 1.29 is 23.8 Å². The summed E-state index contributed by atoms with van der Waals surface area (Å²) in [6.45, 7) is 8.37. The maximum atomic E-state index is 12.7. The number of nitrogens with zero attached hydrogens (tertiary/aromatic N) is 3. The average molecular weight is 505 g/mol. The number of amides is 1. The summed E-state index contributed by atoms with van der Waals surface area (Å²) in [7, 11) is 3.18. The van der Waals surface area contributed by atoms with E-state index in [1.165, 1.54) is 23.1 Å². The van der Waals surface area contributed by atoms with Gasteiger partial charge in [-0.15, -0.1) is 21.5 Å². The lowest BCUT2D eigenvalue weighted by molar-refractivity contribution is -0.113. The molecule has 182 valence electrons. The molecule has 2 aromatic heterocycles. The van der Waals surface area contributed by atoms with Gasteiger partial charge in [-0.25, -0.2) is 4.79 Å². The Labute approximate surface area is 206 Å². The molecule has 3 aromatic rings. The van der Waals surface area contributed by atoms with Gasteiger partial charge in [-0.2, -0.15) is 0 Å². The summed E-state index contributed by atoms with van der Waals surface area (Å²) in [6.07, 6.45) is 0. The number of esters is 1. The Morgan fingerprint density at radius 1 is 1.09 bits per heavy atom. The second-order valence-corrected chi connectivity index (χ2v) is 9.36. The van der Waals surface area contributed by atoms with E-state index in [0.717, 1.165) is 16.0 Å². The lowest BCUT2D eigenvalue weighted by Gasteiger charge is -2.10. The maximum absolute atomic E-state index is 12.7. The van der Waals surface area contributed by atoms with Gasteiger partial charge in [0, 0.05) is 23.1 Å². The summed E-state index contributed by atoms with van der Waals surface area (Å²) in [6, 6.07) is 5.51. The van der Waals surface area contributed by atoms with Crippen LogP contribution < -0.4 is 14.8 Å². The Kier molecular flexibility index (Phi) is 8.56. The highest BCUT2D eigenvalue weighted by molar-refractivity contribution is 7.99. The molecule has 1 aromatic carbocycles. The molecule has 0 radical (unpaired) electrons. The highest BCUT2D eigenvalue weighted by Crippen LogP contribution is 2.34. The molecule has 0 saturated heterocycles. The van der Waals surface area contributed by atoms with Crippen LogP contribution in [0, 0.1) is 13.8 Å². The molecule has 11 heteroatoms. The molecule has 34 heavy (non-hydrogen) atoms. The van der Waals surface area contributed by atoms with E-state index in [2.05, 4.69) is 15.5 Å². The van der Waals surface area contributed by atoms with Crippen LogP contribution in [0.2, 0.25) is 0 Å². The van der Waals surface area contributed by atoms with Gasteiger partial charge in [0.25, 0.3) is 0 Å². The number of anilines is 1. The fraction of sp³-hybridized carbons (Fsp3) is 0.391. The van der Waals surface area contributed by atoms with Gasteiger partial charge in [-0.05, 0) is 45.4 Å². The molecule has 0 spiro atoms. The first-order chi connectivity index (χ1) is 16.3. The number of nitrogens with one attached hydrogen (secondary N) is 1. The zero-order chi connectivity index (χ0) is 24.8. The summed E-state index contributed by atoms with van der Waals surface area (Å²) in [5, 5.41) is 12.6. The summed E-state index contributed by atoms with van der Waals surface area (Å²) < 4.78 is 17.8. The van der Waals surface area contributed by atoms with E-state index in [-0.39, 0.29) is 18.3 Å². The van der Waals surface area contributed by atoms with Gasteiger partial charge in [0.15, 0.2) is 11.0 Å². The van der Waals surface area contributed by atoms with E-state index >= 15 is 0 Å². The van der Waals surface area contributed by atoms with Gasteiger partial charge >= 0.3 is 5.97 Å². The van der Waals surface area contributed by atoms with Gasteiger partial charge in [-0.1, -0.05) is 11.8 Å². The van der Waals surface area contributed by atoms with E-state index in [0.29, 0.717) is 39.6 Å². The second-order valence-electron chi connectivity index (χ2n) is 7.20. The minimum Gasteiger partial charge on any atom is -0.497 e. The molecule has 0 fully saturated rings. The largest absolute Gasteiger partial charge is 0.497 e. The molecule has 0 aliphatic heterocycles. The van der Waals surface area contributed by atoms with E-state index in [4.69, 9.17) is 14.2 Å². The summed E-state index contributed by atoms with van der Waals surface area (Å²) in [5.41, 5.74) is 2.02. The predicted octanol–water partition coefficient (Wildman–Crippen LogP) is 4.57. The Balaban J connectivity index is 1.76. The number of aromatic nitrogens is 3. The van der Waals surface area contributed by atoms with Crippen molar-refractivity contribution in [3.05, 3.63) is 34.2 Å². The van der Waals surface area contributed by atoms with E-state index < -0.39 is 5.97 Å². The number of hydrogen-bond donors (Lipinski definition) is 1. The molecule has 0 atom stereocenters. The molecule has 0 aliphatic carbocycles. The fourth-order valence-electron chi connectivity index (χ4n) is 3.29. The lowest BCUT2D eigenvalue weighted by atomic mass is 10.1. The Morgan fingerprint density at radius 3 is 2.35 bits per heavy atom.